The SMILES string of the molecule is CCOc1c(C)cc(Cl)c(C)c1CC(C)CC(N)=S. The number of hydrogen-bond acceptors (Lipinski definition) is 2. The molecule has 0 amide bonds. The van der Waals surface area contributed by atoms with Crippen LogP contribution < -0.4 is 10.5 Å². The molecule has 0 saturated carbocycles. The summed E-state index contributed by atoms with van der Waals surface area (Å²) in [6, 6.07) is 1.96. The van der Waals surface area contributed by atoms with Crippen LogP contribution in [0.25, 0.3) is 0 Å². The zero-order chi connectivity index (χ0) is 14.6. The summed E-state index contributed by atoms with van der Waals surface area (Å²) in [4.78, 5) is 0.557. The molecule has 106 valence electrons. The summed E-state index contributed by atoms with van der Waals surface area (Å²) in [5, 5.41) is 0.790. The summed E-state index contributed by atoms with van der Waals surface area (Å²) in [6.45, 7) is 8.85. The van der Waals surface area contributed by atoms with E-state index >= 15 is 0 Å². The topological polar surface area (TPSA) is 35.2 Å². The molecule has 0 saturated heterocycles. The maximum Gasteiger partial charge on any atom is 0.125 e. The first-order valence-electron chi connectivity index (χ1n) is 6.56. The number of thiocarbonyl (C=S) groups is 1. The predicted molar refractivity (Wildman–Crippen MR) is 86.4 cm³/mol. The lowest BCUT2D eigenvalue weighted by Crippen LogP contribution is -2.15. The average molecular weight is 300 g/mol. The fraction of sp³-hybridized carbons (Fsp3) is 0.533. The van der Waals surface area contributed by atoms with Crippen LogP contribution >= 0.6 is 23.8 Å². The minimum absolute atomic E-state index is 0.383. The maximum atomic E-state index is 6.27. The fourth-order valence-electron chi connectivity index (χ4n) is 2.27. The van der Waals surface area contributed by atoms with Crippen LogP contribution in [0.1, 0.15) is 37.0 Å². The Morgan fingerprint density at radius 1 is 1.47 bits per heavy atom. The zero-order valence-electron chi connectivity index (χ0n) is 12.0. The van der Waals surface area contributed by atoms with Crippen LogP contribution in [0.5, 0.6) is 5.75 Å². The molecule has 1 unspecified atom stereocenters. The Balaban J connectivity index is 3.12. The van der Waals surface area contributed by atoms with Crippen molar-refractivity contribution in [3.05, 3.63) is 27.8 Å². The predicted octanol–water partition coefficient (Wildman–Crippen LogP) is 4.21. The van der Waals surface area contributed by atoms with Gasteiger partial charge in [0.2, 0.25) is 0 Å². The van der Waals surface area contributed by atoms with Crippen molar-refractivity contribution in [1.29, 1.82) is 0 Å². The molecule has 2 nitrogen and oxygen atoms in total. The normalized spacial score (nSPS) is 12.3. The van der Waals surface area contributed by atoms with Gasteiger partial charge in [-0.25, -0.2) is 0 Å². The Morgan fingerprint density at radius 3 is 2.63 bits per heavy atom. The first-order chi connectivity index (χ1) is 8.86. The monoisotopic (exact) mass is 299 g/mol. The first kappa shape index (κ1) is 16.3. The van der Waals surface area contributed by atoms with Gasteiger partial charge in [0.25, 0.3) is 0 Å². The maximum absolute atomic E-state index is 6.27. The molecule has 0 aliphatic carbocycles. The van der Waals surface area contributed by atoms with Crippen LogP contribution in [0.4, 0.5) is 0 Å². The minimum atomic E-state index is 0.383. The van der Waals surface area contributed by atoms with Crippen molar-refractivity contribution in [3.8, 4) is 5.75 Å². The summed E-state index contributed by atoms with van der Waals surface area (Å²) in [5.41, 5.74) is 8.96. The van der Waals surface area contributed by atoms with E-state index in [4.69, 9.17) is 34.3 Å². The molecular weight excluding hydrogens is 278 g/mol. The van der Waals surface area contributed by atoms with Gasteiger partial charge in [-0.05, 0) is 55.9 Å². The third-order valence-electron chi connectivity index (χ3n) is 3.18. The molecule has 0 radical (unpaired) electrons. The van der Waals surface area contributed by atoms with Crippen molar-refractivity contribution < 1.29 is 4.74 Å². The molecule has 0 aliphatic heterocycles. The summed E-state index contributed by atoms with van der Waals surface area (Å²) in [7, 11) is 0. The Morgan fingerprint density at radius 2 is 2.11 bits per heavy atom. The number of halogens is 1. The Labute approximate surface area is 126 Å². The van der Waals surface area contributed by atoms with Crippen molar-refractivity contribution in [1.82, 2.24) is 0 Å². The van der Waals surface area contributed by atoms with Crippen molar-refractivity contribution in [2.75, 3.05) is 6.61 Å². The van der Waals surface area contributed by atoms with Gasteiger partial charge in [0, 0.05) is 11.4 Å². The molecular formula is C15H22ClNOS. The average Bonchev–Trinajstić information content (AvgIpc) is 2.29. The summed E-state index contributed by atoms with van der Waals surface area (Å²) < 4.78 is 5.79. The van der Waals surface area contributed by atoms with Crippen molar-refractivity contribution >= 4 is 28.8 Å². The second kappa shape index (κ2) is 7.11. The Hall–Kier alpha value is -0.800. The molecule has 0 aromatic heterocycles. The third kappa shape index (κ3) is 4.36. The molecule has 19 heavy (non-hydrogen) atoms. The van der Waals surface area contributed by atoms with Gasteiger partial charge in [-0.1, -0.05) is 30.7 Å². The third-order valence-corrected chi connectivity index (χ3v) is 3.74. The number of benzene rings is 1. The van der Waals surface area contributed by atoms with Crippen LogP contribution in [0.15, 0.2) is 6.07 Å². The molecule has 0 bridgehead atoms. The van der Waals surface area contributed by atoms with Crippen LogP contribution in [-0.4, -0.2) is 11.6 Å². The van der Waals surface area contributed by atoms with Gasteiger partial charge in [0.15, 0.2) is 0 Å². The highest BCUT2D eigenvalue weighted by Crippen LogP contribution is 2.34. The van der Waals surface area contributed by atoms with E-state index in [-0.39, 0.29) is 0 Å². The van der Waals surface area contributed by atoms with E-state index in [2.05, 4.69) is 6.92 Å². The van der Waals surface area contributed by atoms with Crippen LogP contribution in [0.3, 0.4) is 0 Å². The Kier molecular flexibility index (Phi) is 6.08. The van der Waals surface area contributed by atoms with E-state index in [1.807, 2.05) is 26.8 Å². The van der Waals surface area contributed by atoms with E-state index in [0.29, 0.717) is 17.5 Å². The lowest BCUT2D eigenvalue weighted by Gasteiger charge is -2.19. The molecule has 2 N–H and O–H groups in total. The molecule has 0 fully saturated rings. The van der Waals surface area contributed by atoms with Crippen molar-refractivity contribution in [3.63, 3.8) is 0 Å². The number of rotatable bonds is 6. The lowest BCUT2D eigenvalue weighted by atomic mass is 9.92. The van der Waals surface area contributed by atoms with E-state index in [0.717, 1.165) is 34.7 Å². The van der Waals surface area contributed by atoms with Crippen LogP contribution in [-0.2, 0) is 6.42 Å². The highest BCUT2D eigenvalue weighted by atomic mass is 35.5. The quantitative estimate of drug-likeness (QED) is 0.799. The van der Waals surface area contributed by atoms with E-state index < -0.39 is 0 Å². The van der Waals surface area contributed by atoms with Crippen LogP contribution in [0.2, 0.25) is 5.02 Å². The molecule has 1 rings (SSSR count). The smallest absolute Gasteiger partial charge is 0.125 e. The summed E-state index contributed by atoms with van der Waals surface area (Å²) in [6.07, 6.45) is 1.62. The minimum Gasteiger partial charge on any atom is -0.493 e. The summed E-state index contributed by atoms with van der Waals surface area (Å²) >= 11 is 11.3. The van der Waals surface area contributed by atoms with Crippen molar-refractivity contribution in [2.45, 2.75) is 40.5 Å². The Bertz CT molecular complexity index is 474. The van der Waals surface area contributed by atoms with E-state index in [9.17, 15) is 0 Å². The molecule has 1 aromatic rings. The molecule has 0 heterocycles. The largest absolute Gasteiger partial charge is 0.493 e. The zero-order valence-corrected chi connectivity index (χ0v) is 13.6. The van der Waals surface area contributed by atoms with Crippen molar-refractivity contribution in [2.24, 2.45) is 11.7 Å². The van der Waals surface area contributed by atoms with Gasteiger partial charge in [0.05, 0.1) is 11.6 Å². The number of hydrogen-bond donors (Lipinski definition) is 1. The van der Waals surface area contributed by atoms with Gasteiger partial charge in [-0.2, -0.15) is 0 Å². The number of ether oxygens (including phenoxy) is 1. The van der Waals surface area contributed by atoms with Crippen LogP contribution in [0, 0.1) is 19.8 Å². The highest BCUT2D eigenvalue weighted by molar-refractivity contribution is 7.80. The highest BCUT2D eigenvalue weighted by Gasteiger charge is 2.16. The number of nitrogens with two attached hydrogens (primary N) is 1. The molecule has 1 aromatic carbocycles. The van der Waals surface area contributed by atoms with Gasteiger partial charge in [-0.15, -0.1) is 0 Å². The van der Waals surface area contributed by atoms with Gasteiger partial charge in [-0.3, -0.25) is 0 Å². The number of aryl methyl sites for hydroxylation is 1. The molecule has 4 heteroatoms. The van der Waals surface area contributed by atoms with Gasteiger partial charge >= 0.3 is 0 Å². The second-order valence-corrected chi connectivity index (χ2v) is 5.95. The fourth-order valence-corrected chi connectivity index (χ4v) is 2.83. The molecule has 1 atom stereocenters. The van der Waals surface area contributed by atoms with E-state index in [1.54, 1.807) is 0 Å². The van der Waals surface area contributed by atoms with Gasteiger partial charge in [0.1, 0.15) is 5.75 Å². The van der Waals surface area contributed by atoms with Gasteiger partial charge < -0.3 is 10.5 Å². The standard InChI is InChI=1S/C15H22ClNOS/c1-5-18-15-10(3)8-13(16)11(4)12(15)6-9(2)7-14(17)19/h8-9H,5-7H2,1-4H3,(H2,17,19). The lowest BCUT2D eigenvalue weighted by molar-refractivity contribution is 0.332. The molecule has 0 aliphatic rings. The first-order valence-corrected chi connectivity index (χ1v) is 7.35. The summed E-state index contributed by atoms with van der Waals surface area (Å²) in [5.74, 6) is 1.34. The second-order valence-electron chi connectivity index (χ2n) is 5.02. The van der Waals surface area contributed by atoms with E-state index in [1.165, 1.54) is 5.56 Å². The molecule has 0 spiro atoms.